The van der Waals surface area contributed by atoms with Crippen molar-refractivity contribution in [1.82, 2.24) is 9.55 Å². The molecule has 0 amide bonds. The van der Waals surface area contributed by atoms with Gasteiger partial charge in [-0.1, -0.05) is 0 Å². The van der Waals surface area contributed by atoms with Gasteiger partial charge in [0.2, 0.25) is 0 Å². The van der Waals surface area contributed by atoms with Gasteiger partial charge in [0.1, 0.15) is 11.4 Å². The number of pyridine rings is 1. The highest BCUT2D eigenvalue weighted by Gasteiger charge is 2.13. The Labute approximate surface area is 112 Å². The third-order valence-corrected chi connectivity index (χ3v) is 3.57. The van der Waals surface area contributed by atoms with E-state index in [0.29, 0.717) is 6.42 Å². The van der Waals surface area contributed by atoms with Gasteiger partial charge in [0.05, 0.1) is 5.01 Å². The van der Waals surface area contributed by atoms with E-state index >= 15 is 0 Å². The molecule has 0 spiro atoms. The summed E-state index contributed by atoms with van der Waals surface area (Å²) in [7, 11) is 0. The minimum Gasteiger partial charge on any atom is -0.508 e. The smallest absolute Gasteiger partial charge is 0.352 e. The van der Waals surface area contributed by atoms with Crippen LogP contribution in [0.25, 0.3) is 0 Å². The number of carboxylic acids is 1. The molecular weight excluding hydrogens is 268 g/mol. The van der Waals surface area contributed by atoms with Crippen molar-refractivity contribution in [3.63, 3.8) is 0 Å². The summed E-state index contributed by atoms with van der Waals surface area (Å²) in [5.74, 6) is -1.59. The van der Waals surface area contributed by atoms with E-state index in [1.54, 1.807) is 0 Å². The second kappa shape index (κ2) is 5.23. The van der Waals surface area contributed by atoms with Crippen molar-refractivity contribution in [3.8, 4) is 5.75 Å². The highest BCUT2D eigenvalue weighted by molar-refractivity contribution is 7.09. The number of rotatable bonds is 4. The normalized spacial score (nSPS) is 10.6. The molecule has 0 atom stereocenters. The maximum Gasteiger partial charge on any atom is 0.352 e. The van der Waals surface area contributed by atoms with Gasteiger partial charge >= 0.3 is 5.97 Å². The molecule has 0 aliphatic rings. The van der Waals surface area contributed by atoms with E-state index in [9.17, 15) is 14.7 Å². The summed E-state index contributed by atoms with van der Waals surface area (Å²) in [6.45, 7) is 2.09. The zero-order valence-corrected chi connectivity index (χ0v) is 11.0. The number of carboxylic acid groups (broad SMARTS) is 1. The van der Waals surface area contributed by atoms with Crippen molar-refractivity contribution in [1.29, 1.82) is 0 Å². The fourth-order valence-corrected chi connectivity index (χ4v) is 2.48. The van der Waals surface area contributed by atoms with Gasteiger partial charge in [0, 0.05) is 36.2 Å². The molecule has 6 nitrogen and oxygen atoms in total. The number of hydrogen-bond donors (Lipinski definition) is 2. The van der Waals surface area contributed by atoms with E-state index < -0.39 is 11.5 Å². The van der Waals surface area contributed by atoms with Crippen molar-refractivity contribution in [2.75, 3.05) is 0 Å². The van der Waals surface area contributed by atoms with Crippen LogP contribution in [0.1, 0.15) is 21.2 Å². The molecule has 0 saturated carbocycles. The summed E-state index contributed by atoms with van der Waals surface area (Å²) >= 11 is 1.47. The molecule has 2 aromatic heterocycles. The van der Waals surface area contributed by atoms with E-state index in [2.05, 4.69) is 4.98 Å². The van der Waals surface area contributed by atoms with Crippen molar-refractivity contribution in [3.05, 3.63) is 44.3 Å². The first-order chi connectivity index (χ1) is 8.97. The Kier molecular flexibility index (Phi) is 3.66. The highest BCUT2D eigenvalue weighted by atomic mass is 32.1. The molecule has 2 heterocycles. The molecule has 0 aliphatic heterocycles. The fourth-order valence-electron chi connectivity index (χ4n) is 1.72. The van der Waals surface area contributed by atoms with Crippen LogP contribution in [0.3, 0.4) is 0 Å². The van der Waals surface area contributed by atoms with Crippen LogP contribution in [-0.2, 0) is 13.0 Å². The first-order valence-corrected chi connectivity index (χ1v) is 6.43. The molecule has 0 radical (unpaired) electrons. The Hall–Kier alpha value is -2.15. The van der Waals surface area contributed by atoms with Gasteiger partial charge in [0.25, 0.3) is 5.56 Å². The summed E-state index contributed by atoms with van der Waals surface area (Å²) in [6.07, 6.45) is 0.476. The van der Waals surface area contributed by atoms with Crippen LogP contribution in [0.5, 0.6) is 5.75 Å². The number of carbonyl (C=O) groups is 1. The van der Waals surface area contributed by atoms with Crippen LogP contribution in [0.4, 0.5) is 0 Å². The number of aromatic nitrogens is 2. The molecule has 0 aliphatic carbocycles. The maximum atomic E-state index is 11.7. The van der Waals surface area contributed by atoms with Crippen molar-refractivity contribution in [2.45, 2.75) is 19.9 Å². The van der Waals surface area contributed by atoms with Gasteiger partial charge in [-0.15, -0.1) is 11.3 Å². The average molecular weight is 280 g/mol. The third kappa shape index (κ3) is 3.00. The summed E-state index contributed by atoms with van der Waals surface area (Å²) in [5.41, 5.74) is 0.139. The van der Waals surface area contributed by atoms with E-state index in [0.717, 1.165) is 27.4 Å². The lowest BCUT2D eigenvalue weighted by atomic mass is 10.3. The van der Waals surface area contributed by atoms with Crippen molar-refractivity contribution >= 4 is 17.3 Å². The van der Waals surface area contributed by atoms with Crippen LogP contribution >= 0.6 is 11.3 Å². The summed E-state index contributed by atoms with van der Waals surface area (Å²) < 4.78 is 1.12. The minimum absolute atomic E-state index is 0.216. The van der Waals surface area contributed by atoms with Crippen LogP contribution in [0, 0.1) is 6.92 Å². The molecule has 2 rings (SSSR count). The molecule has 0 aromatic carbocycles. The third-order valence-electron chi connectivity index (χ3n) is 2.55. The first kappa shape index (κ1) is 13.3. The summed E-state index contributed by atoms with van der Waals surface area (Å²) in [5, 5.41) is 21.0. The number of aromatic carboxylic acids is 1. The van der Waals surface area contributed by atoms with Crippen LogP contribution in [0.2, 0.25) is 0 Å². The molecular formula is C12H12N2O4S. The Bertz CT molecular complexity index is 675. The molecule has 2 aromatic rings. The SMILES string of the molecule is Cc1csc(CCn2c(C(=O)O)cc(O)cc2=O)n1. The van der Waals surface area contributed by atoms with Gasteiger partial charge in [-0.25, -0.2) is 9.78 Å². The standard InChI is InChI=1S/C12H12N2O4S/c1-7-6-19-10(13-7)2-3-14-9(12(17)18)4-8(15)5-11(14)16/h4-6,15H,2-3H2,1H3,(H,17,18). The molecule has 0 bridgehead atoms. The molecule has 19 heavy (non-hydrogen) atoms. The molecule has 0 unspecified atom stereocenters. The van der Waals surface area contributed by atoms with Crippen LogP contribution in [0.15, 0.2) is 22.3 Å². The molecule has 7 heteroatoms. The van der Waals surface area contributed by atoms with E-state index in [4.69, 9.17) is 5.11 Å². The Morgan fingerprint density at radius 2 is 2.21 bits per heavy atom. The summed E-state index contributed by atoms with van der Waals surface area (Å²) in [4.78, 5) is 27.0. The van der Waals surface area contributed by atoms with Crippen LogP contribution < -0.4 is 5.56 Å². The molecule has 0 fully saturated rings. The average Bonchev–Trinajstić information content (AvgIpc) is 2.73. The fraction of sp³-hybridized carbons (Fsp3) is 0.250. The maximum absolute atomic E-state index is 11.7. The zero-order chi connectivity index (χ0) is 14.0. The molecule has 2 N–H and O–H groups in total. The number of nitrogens with zero attached hydrogens (tertiary/aromatic N) is 2. The van der Waals surface area contributed by atoms with Gasteiger partial charge in [-0.05, 0) is 6.92 Å². The van der Waals surface area contributed by atoms with Crippen molar-refractivity contribution in [2.24, 2.45) is 0 Å². The second-order valence-electron chi connectivity index (χ2n) is 4.03. The van der Waals surface area contributed by atoms with Gasteiger partial charge in [-0.2, -0.15) is 0 Å². The second-order valence-corrected chi connectivity index (χ2v) is 4.97. The van der Waals surface area contributed by atoms with Gasteiger partial charge in [-0.3, -0.25) is 4.79 Å². The number of thiazole rings is 1. The van der Waals surface area contributed by atoms with E-state index in [1.165, 1.54) is 11.3 Å². The van der Waals surface area contributed by atoms with E-state index in [1.807, 2.05) is 12.3 Å². The van der Waals surface area contributed by atoms with E-state index in [-0.39, 0.29) is 18.0 Å². The number of aryl methyl sites for hydroxylation is 2. The summed E-state index contributed by atoms with van der Waals surface area (Å²) in [6, 6.07) is 2.07. The highest BCUT2D eigenvalue weighted by Crippen LogP contribution is 2.12. The number of aromatic hydroxyl groups is 1. The van der Waals surface area contributed by atoms with Gasteiger partial charge < -0.3 is 14.8 Å². The van der Waals surface area contributed by atoms with Crippen LogP contribution in [-0.4, -0.2) is 25.7 Å². The number of hydrogen-bond acceptors (Lipinski definition) is 5. The predicted molar refractivity (Wildman–Crippen MR) is 69.9 cm³/mol. The van der Waals surface area contributed by atoms with Gasteiger partial charge in [0.15, 0.2) is 0 Å². The topological polar surface area (TPSA) is 92.4 Å². The lowest BCUT2D eigenvalue weighted by Gasteiger charge is -2.08. The lowest BCUT2D eigenvalue weighted by Crippen LogP contribution is -2.26. The predicted octanol–water partition coefficient (Wildman–Crippen LogP) is 1.26. The molecule has 0 saturated heterocycles. The minimum atomic E-state index is -1.25. The molecule has 100 valence electrons. The van der Waals surface area contributed by atoms with Crippen molar-refractivity contribution < 1.29 is 15.0 Å². The zero-order valence-electron chi connectivity index (χ0n) is 10.2. The lowest BCUT2D eigenvalue weighted by molar-refractivity contribution is 0.0682. The largest absolute Gasteiger partial charge is 0.508 e. The Morgan fingerprint density at radius 3 is 2.79 bits per heavy atom. The first-order valence-electron chi connectivity index (χ1n) is 5.55. The Morgan fingerprint density at radius 1 is 1.47 bits per heavy atom. The quantitative estimate of drug-likeness (QED) is 0.879. The Balaban J connectivity index is 2.29. The monoisotopic (exact) mass is 280 g/mol.